The van der Waals surface area contributed by atoms with Crippen LogP contribution >= 0.6 is 0 Å². The number of nitro groups is 1. The Morgan fingerprint density at radius 1 is 1.26 bits per heavy atom. The Bertz CT molecular complexity index is 639. The molecule has 2 rings (SSSR count). The van der Waals surface area contributed by atoms with Gasteiger partial charge in [0, 0.05) is 11.7 Å². The van der Waals surface area contributed by atoms with Crippen molar-refractivity contribution in [3.8, 4) is 5.82 Å². The molecule has 102 valence electrons. The second-order valence-corrected chi connectivity index (χ2v) is 4.89. The lowest BCUT2D eigenvalue weighted by molar-refractivity contribution is -0.385. The molecule has 0 aliphatic heterocycles. The van der Waals surface area contributed by atoms with E-state index >= 15 is 0 Å². The van der Waals surface area contributed by atoms with Crippen molar-refractivity contribution in [2.75, 3.05) is 0 Å². The Kier molecular flexibility index (Phi) is 3.13. The van der Waals surface area contributed by atoms with Gasteiger partial charge in [-0.2, -0.15) is 10.2 Å². The maximum Gasteiger partial charge on any atom is 0.336 e. The minimum absolute atomic E-state index is 0.0138. The van der Waals surface area contributed by atoms with Gasteiger partial charge in [0.25, 0.3) is 0 Å². The van der Waals surface area contributed by atoms with Crippen molar-refractivity contribution in [1.29, 1.82) is 0 Å². The van der Waals surface area contributed by atoms with Crippen LogP contribution in [0.4, 0.5) is 5.69 Å². The van der Waals surface area contributed by atoms with Crippen LogP contribution in [0.15, 0.2) is 6.07 Å². The van der Waals surface area contributed by atoms with Gasteiger partial charge in [0.05, 0.1) is 10.6 Å². The summed E-state index contributed by atoms with van der Waals surface area (Å²) in [6, 6.07) is 1.91. The predicted molar refractivity (Wildman–Crippen MR) is 70.6 cm³/mol. The fourth-order valence-corrected chi connectivity index (χ4v) is 2.14. The normalized spacial score (nSPS) is 11.3. The number of hydrogen-bond acceptors (Lipinski definition) is 4. The fourth-order valence-electron chi connectivity index (χ4n) is 2.14. The molecule has 2 heterocycles. The van der Waals surface area contributed by atoms with Crippen LogP contribution < -0.4 is 0 Å². The molecular weight excluding hydrogens is 246 g/mol. The van der Waals surface area contributed by atoms with Crippen LogP contribution in [0.25, 0.3) is 5.82 Å². The summed E-state index contributed by atoms with van der Waals surface area (Å²) in [5.41, 5.74) is 2.09. The summed E-state index contributed by atoms with van der Waals surface area (Å²) < 4.78 is 3.24. The van der Waals surface area contributed by atoms with Gasteiger partial charge in [0.2, 0.25) is 5.82 Å². The molecule has 0 saturated carbocycles. The highest BCUT2D eigenvalue weighted by atomic mass is 16.6. The zero-order chi connectivity index (χ0) is 14.3. The maximum absolute atomic E-state index is 11.3. The lowest BCUT2D eigenvalue weighted by atomic mass is 10.3. The predicted octanol–water partition coefficient (Wildman–Crippen LogP) is 2.48. The summed E-state index contributed by atoms with van der Waals surface area (Å²) in [6.45, 7) is 9.25. The van der Waals surface area contributed by atoms with Crippen LogP contribution in [0.1, 0.15) is 37.0 Å². The van der Waals surface area contributed by atoms with E-state index < -0.39 is 4.92 Å². The highest BCUT2D eigenvalue weighted by molar-refractivity contribution is 5.52. The van der Waals surface area contributed by atoms with Gasteiger partial charge >= 0.3 is 5.69 Å². The summed E-state index contributed by atoms with van der Waals surface area (Å²) in [7, 11) is 0. The summed E-state index contributed by atoms with van der Waals surface area (Å²) in [6.07, 6.45) is 0. The van der Waals surface area contributed by atoms with E-state index in [4.69, 9.17) is 0 Å². The quantitative estimate of drug-likeness (QED) is 0.629. The molecule has 2 aromatic rings. The SMILES string of the molecule is Cc1cc(C)n(-c2c([N+](=O)[O-])c(C)nn2C(C)C)n1. The van der Waals surface area contributed by atoms with Crippen molar-refractivity contribution in [1.82, 2.24) is 19.6 Å². The van der Waals surface area contributed by atoms with Gasteiger partial charge in [-0.3, -0.25) is 10.1 Å². The Balaban J connectivity index is 2.79. The van der Waals surface area contributed by atoms with E-state index in [2.05, 4.69) is 10.2 Å². The van der Waals surface area contributed by atoms with Crippen molar-refractivity contribution in [2.24, 2.45) is 0 Å². The van der Waals surface area contributed by atoms with Crippen molar-refractivity contribution >= 4 is 5.69 Å². The number of aromatic nitrogens is 4. The zero-order valence-corrected chi connectivity index (χ0v) is 11.7. The lowest BCUT2D eigenvalue weighted by Gasteiger charge is -2.11. The number of aryl methyl sites for hydroxylation is 3. The van der Waals surface area contributed by atoms with E-state index in [9.17, 15) is 10.1 Å². The molecular formula is C12H17N5O2. The molecule has 19 heavy (non-hydrogen) atoms. The molecule has 7 nitrogen and oxygen atoms in total. The van der Waals surface area contributed by atoms with Gasteiger partial charge in [0.15, 0.2) is 0 Å². The first-order valence-electron chi connectivity index (χ1n) is 6.10. The Morgan fingerprint density at radius 3 is 2.32 bits per heavy atom. The maximum atomic E-state index is 11.3. The molecule has 0 bridgehead atoms. The van der Waals surface area contributed by atoms with Crippen molar-refractivity contribution in [3.63, 3.8) is 0 Å². The second kappa shape index (κ2) is 4.49. The van der Waals surface area contributed by atoms with Gasteiger partial charge in [-0.05, 0) is 40.7 Å². The third-order valence-corrected chi connectivity index (χ3v) is 2.91. The monoisotopic (exact) mass is 263 g/mol. The molecule has 0 aliphatic rings. The van der Waals surface area contributed by atoms with Gasteiger partial charge in [-0.25, -0.2) is 9.36 Å². The van der Waals surface area contributed by atoms with E-state index in [1.165, 1.54) is 0 Å². The van der Waals surface area contributed by atoms with E-state index in [1.54, 1.807) is 16.3 Å². The van der Waals surface area contributed by atoms with E-state index in [0.29, 0.717) is 11.5 Å². The minimum atomic E-state index is -0.396. The van der Waals surface area contributed by atoms with E-state index in [1.807, 2.05) is 33.8 Å². The molecule has 0 spiro atoms. The summed E-state index contributed by atoms with van der Waals surface area (Å²) in [5.74, 6) is 0.420. The third kappa shape index (κ3) is 2.11. The summed E-state index contributed by atoms with van der Waals surface area (Å²) >= 11 is 0. The van der Waals surface area contributed by atoms with Crippen molar-refractivity contribution < 1.29 is 4.92 Å². The molecule has 0 atom stereocenters. The van der Waals surface area contributed by atoms with Crippen LogP contribution in [0.2, 0.25) is 0 Å². The van der Waals surface area contributed by atoms with Crippen molar-refractivity contribution in [3.05, 3.63) is 33.3 Å². The Morgan fingerprint density at radius 2 is 1.89 bits per heavy atom. The fraction of sp³-hybridized carbons (Fsp3) is 0.500. The summed E-state index contributed by atoms with van der Waals surface area (Å²) in [4.78, 5) is 10.9. The number of rotatable bonds is 3. The minimum Gasteiger partial charge on any atom is -0.258 e. The van der Waals surface area contributed by atoms with Crippen LogP contribution in [0, 0.1) is 30.9 Å². The van der Waals surface area contributed by atoms with Crippen LogP contribution in [-0.4, -0.2) is 24.5 Å². The van der Waals surface area contributed by atoms with Gasteiger partial charge in [0.1, 0.15) is 5.69 Å². The zero-order valence-electron chi connectivity index (χ0n) is 11.7. The smallest absolute Gasteiger partial charge is 0.258 e. The van der Waals surface area contributed by atoms with Crippen molar-refractivity contribution in [2.45, 2.75) is 40.7 Å². The second-order valence-electron chi connectivity index (χ2n) is 4.89. The first-order chi connectivity index (χ1) is 8.82. The molecule has 0 radical (unpaired) electrons. The molecule has 0 unspecified atom stereocenters. The summed E-state index contributed by atoms with van der Waals surface area (Å²) in [5, 5.41) is 19.9. The molecule has 0 amide bonds. The number of nitrogens with zero attached hydrogens (tertiary/aromatic N) is 5. The Hall–Kier alpha value is -2.18. The topological polar surface area (TPSA) is 78.8 Å². The first-order valence-corrected chi connectivity index (χ1v) is 6.10. The van der Waals surface area contributed by atoms with Gasteiger partial charge < -0.3 is 0 Å². The molecule has 2 aromatic heterocycles. The third-order valence-electron chi connectivity index (χ3n) is 2.91. The average Bonchev–Trinajstić information content (AvgIpc) is 2.78. The first kappa shape index (κ1) is 13.3. The van der Waals surface area contributed by atoms with Gasteiger partial charge in [-0.15, -0.1) is 0 Å². The molecule has 0 saturated heterocycles. The standard InChI is InChI=1S/C12H17N5O2/c1-7(2)15-12(11(17(18)19)10(5)14-15)16-9(4)6-8(3)13-16/h6-7H,1-5H3. The Labute approximate surface area is 111 Å². The molecule has 0 aromatic carbocycles. The lowest BCUT2D eigenvalue weighted by Crippen LogP contribution is -2.13. The molecule has 0 aliphatic carbocycles. The van der Waals surface area contributed by atoms with Gasteiger partial charge in [-0.1, -0.05) is 0 Å². The van der Waals surface area contributed by atoms with Crippen LogP contribution in [-0.2, 0) is 0 Å². The average molecular weight is 263 g/mol. The van der Waals surface area contributed by atoms with E-state index in [-0.39, 0.29) is 11.7 Å². The molecule has 0 fully saturated rings. The van der Waals surface area contributed by atoms with Crippen LogP contribution in [0.3, 0.4) is 0 Å². The highest BCUT2D eigenvalue weighted by Gasteiger charge is 2.29. The molecule has 7 heteroatoms. The highest BCUT2D eigenvalue weighted by Crippen LogP contribution is 2.29. The largest absolute Gasteiger partial charge is 0.336 e. The number of hydrogen-bond donors (Lipinski definition) is 0. The molecule has 0 N–H and O–H groups in total. The van der Waals surface area contributed by atoms with E-state index in [0.717, 1.165) is 11.4 Å². The van der Waals surface area contributed by atoms with Crippen LogP contribution in [0.5, 0.6) is 0 Å².